The predicted octanol–water partition coefficient (Wildman–Crippen LogP) is 2.71. The maximum Gasteiger partial charge on any atom is 0.127 e. The minimum Gasteiger partial charge on any atom is -0.507 e. The number of hydrogen-bond acceptors (Lipinski definition) is 3. The van der Waals surface area contributed by atoms with E-state index in [1.807, 2.05) is 31.2 Å². The molecule has 1 aliphatic heterocycles. The zero-order valence-corrected chi connectivity index (χ0v) is 9.64. The summed E-state index contributed by atoms with van der Waals surface area (Å²) in [5.74, 6) is 1.07. The van der Waals surface area contributed by atoms with Crippen molar-refractivity contribution in [2.45, 2.75) is 12.5 Å². The highest BCUT2D eigenvalue weighted by molar-refractivity contribution is 5.92. The molecule has 0 aliphatic carbocycles. The van der Waals surface area contributed by atoms with Gasteiger partial charge in [-0.25, -0.2) is 0 Å². The Morgan fingerprint density at radius 3 is 2.65 bits per heavy atom. The van der Waals surface area contributed by atoms with Crippen molar-refractivity contribution in [3.63, 3.8) is 0 Å². The average Bonchev–Trinajstić information content (AvgIpc) is 3.08. The van der Waals surface area contributed by atoms with Crippen LogP contribution in [0.1, 0.15) is 6.92 Å². The second-order valence-corrected chi connectivity index (χ2v) is 4.66. The Hall–Kier alpha value is -1.74. The number of fused-ring (bicyclic) bond motifs is 1. The molecule has 1 fully saturated rings. The van der Waals surface area contributed by atoms with E-state index in [1.54, 1.807) is 12.1 Å². The molecular weight excluding hydrogens is 216 g/mol. The van der Waals surface area contributed by atoms with Crippen molar-refractivity contribution in [3.8, 4) is 11.5 Å². The summed E-state index contributed by atoms with van der Waals surface area (Å²) in [5, 5.41) is 11.5. The van der Waals surface area contributed by atoms with Gasteiger partial charge in [0.2, 0.25) is 0 Å². The molecule has 0 amide bonds. The van der Waals surface area contributed by atoms with Crippen LogP contribution in [0, 0.1) is 0 Å². The second-order valence-electron chi connectivity index (χ2n) is 4.66. The van der Waals surface area contributed by atoms with Gasteiger partial charge >= 0.3 is 0 Å². The van der Waals surface area contributed by atoms with Crippen LogP contribution in [-0.4, -0.2) is 23.9 Å². The molecular formula is C14H14O3. The molecule has 0 spiro atoms. The molecule has 2 aromatic carbocycles. The van der Waals surface area contributed by atoms with E-state index in [0.29, 0.717) is 6.61 Å². The summed E-state index contributed by atoms with van der Waals surface area (Å²) in [6.45, 7) is 3.32. The SMILES string of the molecule is CC1(COc2ccc(O)c3ccccc23)CO1. The topological polar surface area (TPSA) is 42.0 Å². The fourth-order valence-corrected chi connectivity index (χ4v) is 1.82. The first-order chi connectivity index (χ1) is 8.18. The van der Waals surface area contributed by atoms with Gasteiger partial charge in [-0.2, -0.15) is 0 Å². The van der Waals surface area contributed by atoms with E-state index in [1.165, 1.54) is 0 Å². The molecule has 1 saturated heterocycles. The quantitative estimate of drug-likeness (QED) is 0.824. The molecule has 1 unspecified atom stereocenters. The van der Waals surface area contributed by atoms with Crippen LogP contribution in [0.5, 0.6) is 11.5 Å². The Kier molecular flexibility index (Phi) is 2.23. The lowest BCUT2D eigenvalue weighted by molar-refractivity contribution is 0.204. The van der Waals surface area contributed by atoms with E-state index in [0.717, 1.165) is 23.1 Å². The first kappa shape index (κ1) is 10.4. The summed E-state index contributed by atoms with van der Waals surface area (Å²) < 4.78 is 11.0. The number of rotatable bonds is 3. The molecule has 0 saturated carbocycles. The van der Waals surface area contributed by atoms with Crippen molar-refractivity contribution in [2.24, 2.45) is 0 Å². The normalized spacial score (nSPS) is 22.6. The highest BCUT2D eigenvalue weighted by atomic mass is 16.6. The number of aromatic hydroxyl groups is 1. The van der Waals surface area contributed by atoms with E-state index in [2.05, 4.69) is 0 Å². The van der Waals surface area contributed by atoms with Crippen LogP contribution in [0.15, 0.2) is 36.4 Å². The Morgan fingerprint density at radius 1 is 1.24 bits per heavy atom. The molecule has 88 valence electrons. The maximum absolute atomic E-state index is 9.76. The molecule has 3 heteroatoms. The van der Waals surface area contributed by atoms with Gasteiger partial charge in [0.25, 0.3) is 0 Å². The van der Waals surface area contributed by atoms with Crippen LogP contribution in [0.25, 0.3) is 10.8 Å². The van der Waals surface area contributed by atoms with E-state index in [4.69, 9.17) is 9.47 Å². The van der Waals surface area contributed by atoms with Crippen LogP contribution in [-0.2, 0) is 4.74 Å². The van der Waals surface area contributed by atoms with Gasteiger partial charge in [0.15, 0.2) is 0 Å². The molecule has 1 N–H and O–H groups in total. The maximum atomic E-state index is 9.76. The first-order valence-electron chi connectivity index (χ1n) is 5.65. The minimum atomic E-state index is -0.126. The molecule has 0 bridgehead atoms. The minimum absolute atomic E-state index is 0.126. The van der Waals surface area contributed by atoms with E-state index in [-0.39, 0.29) is 11.4 Å². The van der Waals surface area contributed by atoms with Crippen molar-refractivity contribution in [3.05, 3.63) is 36.4 Å². The molecule has 3 rings (SSSR count). The van der Waals surface area contributed by atoms with Crippen LogP contribution in [0.3, 0.4) is 0 Å². The van der Waals surface area contributed by atoms with E-state index in [9.17, 15) is 5.11 Å². The number of ether oxygens (including phenoxy) is 2. The number of epoxide rings is 1. The predicted molar refractivity (Wildman–Crippen MR) is 65.5 cm³/mol. The van der Waals surface area contributed by atoms with Gasteiger partial charge in [-0.1, -0.05) is 24.3 Å². The molecule has 2 aromatic rings. The summed E-state index contributed by atoms with van der Waals surface area (Å²) in [5.41, 5.74) is -0.126. The molecule has 0 radical (unpaired) electrons. The average molecular weight is 230 g/mol. The van der Waals surface area contributed by atoms with Gasteiger partial charge in [-0.3, -0.25) is 0 Å². The van der Waals surface area contributed by atoms with Gasteiger partial charge in [0, 0.05) is 10.8 Å². The Balaban J connectivity index is 1.96. The highest BCUT2D eigenvalue weighted by Gasteiger charge is 2.40. The Bertz CT molecular complexity index is 558. The lowest BCUT2D eigenvalue weighted by Crippen LogP contribution is -2.16. The van der Waals surface area contributed by atoms with Crippen molar-refractivity contribution in [1.29, 1.82) is 0 Å². The summed E-state index contributed by atoms with van der Waals surface area (Å²) in [4.78, 5) is 0. The number of phenols is 1. The molecule has 0 aromatic heterocycles. The molecule has 1 aliphatic rings. The van der Waals surface area contributed by atoms with Crippen LogP contribution < -0.4 is 4.74 Å². The lowest BCUT2D eigenvalue weighted by atomic mass is 10.1. The fourth-order valence-electron chi connectivity index (χ4n) is 1.82. The largest absolute Gasteiger partial charge is 0.507 e. The van der Waals surface area contributed by atoms with E-state index < -0.39 is 0 Å². The smallest absolute Gasteiger partial charge is 0.127 e. The third kappa shape index (κ3) is 1.94. The van der Waals surface area contributed by atoms with Crippen molar-refractivity contribution < 1.29 is 14.6 Å². The molecule has 1 heterocycles. The molecule has 17 heavy (non-hydrogen) atoms. The Labute approximate surface area is 99.6 Å². The molecule has 1 atom stereocenters. The third-order valence-corrected chi connectivity index (χ3v) is 3.03. The summed E-state index contributed by atoms with van der Waals surface area (Å²) in [7, 11) is 0. The Morgan fingerprint density at radius 2 is 1.94 bits per heavy atom. The van der Waals surface area contributed by atoms with Gasteiger partial charge in [-0.05, 0) is 19.1 Å². The zero-order chi connectivity index (χ0) is 11.9. The van der Waals surface area contributed by atoms with Crippen LogP contribution in [0.2, 0.25) is 0 Å². The second kappa shape index (κ2) is 3.64. The zero-order valence-electron chi connectivity index (χ0n) is 9.64. The number of benzene rings is 2. The van der Waals surface area contributed by atoms with Gasteiger partial charge in [0.05, 0.1) is 6.61 Å². The highest BCUT2D eigenvalue weighted by Crippen LogP contribution is 2.34. The number of phenolic OH excluding ortho intramolecular Hbond substituents is 1. The molecule has 3 nitrogen and oxygen atoms in total. The fraction of sp³-hybridized carbons (Fsp3) is 0.286. The van der Waals surface area contributed by atoms with Crippen molar-refractivity contribution in [1.82, 2.24) is 0 Å². The van der Waals surface area contributed by atoms with Gasteiger partial charge in [0.1, 0.15) is 23.7 Å². The van der Waals surface area contributed by atoms with E-state index >= 15 is 0 Å². The lowest BCUT2D eigenvalue weighted by Gasteiger charge is -2.12. The monoisotopic (exact) mass is 230 g/mol. The standard InChI is InChI=1S/C14H14O3/c1-14(9-17-14)8-16-13-7-6-12(15)10-4-2-3-5-11(10)13/h2-7,15H,8-9H2,1H3. The van der Waals surface area contributed by atoms with Gasteiger partial charge in [-0.15, -0.1) is 0 Å². The first-order valence-corrected chi connectivity index (χ1v) is 5.65. The summed E-state index contributed by atoms with van der Waals surface area (Å²) >= 11 is 0. The third-order valence-electron chi connectivity index (χ3n) is 3.03. The van der Waals surface area contributed by atoms with Crippen molar-refractivity contribution in [2.75, 3.05) is 13.2 Å². The van der Waals surface area contributed by atoms with Crippen LogP contribution in [0.4, 0.5) is 0 Å². The summed E-state index contributed by atoms with van der Waals surface area (Å²) in [6, 6.07) is 11.1. The van der Waals surface area contributed by atoms with Crippen LogP contribution >= 0.6 is 0 Å². The summed E-state index contributed by atoms with van der Waals surface area (Å²) in [6.07, 6.45) is 0. The van der Waals surface area contributed by atoms with Gasteiger partial charge < -0.3 is 14.6 Å². The number of hydrogen-bond donors (Lipinski definition) is 1. The van der Waals surface area contributed by atoms with Crippen molar-refractivity contribution >= 4 is 10.8 Å².